The van der Waals surface area contributed by atoms with E-state index in [9.17, 15) is 9.59 Å². The SMILES string of the molecule is CCOCCCNC(=O)c1c(=O)o[nH][n+]1-c1ccc(OC)cc1. The molecule has 0 aliphatic heterocycles. The molecule has 2 N–H and O–H groups in total. The number of aromatic amines is 1. The van der Waals surface area contributed by atoms with Crippen molar-refractivity contribution in [3.63, 3.8) is 0 Å². The van der Waals surface area contributed by atoms with E-state index < -0.39 is 11.5 Å². The van der Waals surface area contributed by atoms with Gasteiger partial charge in [-0.25, -0.2) is 4.79 Å². The number of benzene rings is 1. The lowest BCUT2D eigenvalue weighted by Gasteiger charge is -2.02. The van der Waals surface area contributed by atoms with Gasteiger partial charge in [0.15, 0.2) is 0 Å². The number of hydrogen-bond acceptors (Lipinski definition) is 5. The second-order valence-electron chi connectivity index (χ2n) is 4.67. The molecule has 1 aromatic heterocycles. The van der Waals surface area contributed by atoms with Gasteiger partial charge in [0.1, 0.15) is 5.75 Å². The van der Waals surface area contributed by atoms with E-state index in [4.69, 9.17) is 14.0 Å². The van der Waals surface area contributed by atoms with Gasteiger partial charge in [-0.3, -0.25) is 9.32 Å². The molecule has 0 fully saturated rings. The number of ether oxygens (including phenoxy) is 2. The summed E-state index contributed by atoms with van der Waals surface area (Å²) >= 11 is 0. The monoisotopic (exact) mass is 322 g/mol. The smallest absolute Gasteiger partial charge is 0.441 e. The second-order valence-corrected chi connectivity index (χ2v) is 4.67. The van der Waals surface area contributed by atoms with Crippen LogP contribution in [0.3, 0.4) is 0 Å². The summed E-state index contributed by atoms with van der Waals surface area (Å²) in [5.41, 5.74) is -0.272. The van der Waals surface area contributed by atoms with Crippen molar-refractivity contribution < 1.29 is 23.5 Å². The Balaban J connectivity index is 2.11. The van der Waals surface area contributed by atoms with Crippen LogP contribution in [0.4, 0.5) is 0 Å². The standard InChI is InChI=1S/C15H19N3O5/c1-3-22-10-4-9-16-14(19)13-15(20)23-17-18(13)11-5-7-12(21-2)8-6-11/h5-8H,3-4,9-10H2,1-2H3,(H-,16,17,19,20)/p+1. The van der Waals surface area contributed by atoms with Crippen molar-refractivity contribution in [2.75, 3.05) is 26.9 Å². The van der Waals surface area contributed by atoms with E-state index >= 15 is 0 Å². The molecule has 0 bridgehead atoms. The molecule has 23 heavy (non-hydrogen) atoms. The maximum atomic E-state index is 12.2. The third-order valence-corrected chi connectivity index (χ3v) is 3.15. The molecule has 2 rings (SSSR count). The van der Waals surface area contributed by atoms with Crippen LogP contribution < -0.4 is 20.4 Å². The number of methoxy groups -OCH3 is 1. The van der Waals surface area contributed by atoms with Gasteiger partial charge in [0, 0.05) is 31.9 Å². The van der Waals surface area contributed by atoms with E-state index in [0.717, 1.165) is 0 Å². The molecule has 0 aliphatic rings. The Labute approximate surface area is 133 Å². The molecular weight excluding hydrogens is 302 g/mol. The van der Waals surface area contributed by atoms with Gasteiger partial charge >= 0.3 is 17.2 Å². The van der Waals surface area contributed by atoms with Crippen LogP contribution in [0.25, 0.3) is 5.69 Å². The average Bonchev–Trinajstić information content (AvgIpc) is 2.96. The van der Waals surface area contributed by atoms with Gasteiger partial charge in [-0.05, 0) is 35.4 Å². The molecule has 1 heterocycles. The first-order valence-corrected chi connectivity index (χ1v) is 7.31. The number of aromatic nitrogens is 2. The molecule has 0 saturated heterocycles. The summed E-state index contributed by atoms with van der Waals surface area (Å²) in [6.07, 6.45) is 0.665. The first-order chi connectivity index (χ1) is 11.2. The van der Waals surface area contributed by atoms with Crippen molar-refractivity contribution in [2.45, 2.75) is 13.3 Å². The number of nitrogens with zero attached hydrogens (tertiary/aromatic N) is 1. The van der Waals surface area contributed by atoms with Crippen LogP contribution >= 0.6 is 0 Å². The van der Waals surface area contributed by atoms with Crippen molar-refractivity contribution >= 4 is 5.91 Å². The van der Waals surface area contributed by atoms with Gasteiger partial charge in [0.2, 0.25) is 5.69 Å². The van der Waals surface area contributed by atoms with Gasteiger partial charge < -0.3 is 14.8 Å². The zero-order valence-electron chi connectivity index (χ0n) is 13.1. The number of carbonyl (C=O) groups excluding carboxylic acids is 1. The Kier molecular flexibility index (Phi) is 5.93. The second kappa shape index (κ2) is 8.14. The van der Waals surface area contributed by atoms with E-state index in [-0.39, 0.29) is 5.69 Å². The molecule has 1 amide bonds. The number of nitrogens with one attached hydrogen (secondary N) is 2. The zero-order valence-corrected chi connectivity index (χ0v) is 13.1. The summed E-state index contributed by atoms with van der Waals surface area (Å²) in [6, 6.07) is 6.85. The minimum Gasteiger partial charge on any atom is -0.497 e. The largest absolute Gasteiger partial charge is 0.497 e. The van der Waals surface area contributed by atoms with Gasteiger partial charge in [-0.2, -0.15) is 0 Å². The zero-order chi connectivity index (χ0) is 16.7. The molecule has 0 radical (unpaired) electrons. The molecule has 0 aliphatic carbocycles. The summed E-state index contributed by atoms with van der Waals surface area (Å²) in [7, 11) is 1.56. The van der Waals surface area contributed by atoms with Crippen molar-refractivity contribution in [2.24, 2.45) is 0 Å². The predicted octanol–water partition coefficient (Wildman–Crippen LogP) is 0.410. The Morgan fingerprint density at radius 3 is 2.74 bits per heavy atom. The fourth-order valence-corrected chi connectivity index (χ4v) is 1.98. The van der Waals surface area contributed by atoms with Gasteiger partial charge in [-0.1, -0.05) is 0 Å². The Morgan fingerprint density at radius 1 is 1.35 bits per heavy atom. The number of H-pyrrole nitrogens is 1. The van der Waals surface area contributed by atoms with Crippen LogP contribution in [0.1, 0.15) is 23.8 Å². The quantitative estimate of drug-likeness (QED) is 0.542. The lowest BCUT2D eigenvalue weighted by Crippen LogP contribution is -2.45. The lowest BCUT2D eigenvalue weighted by molar-refractivity contribution is -0.672. The summed E-state index contributed by atoms with van der Waals surface area (Å²) in [5, 5.41) is 5.10. The van der Waals surface area contributed by atoms with Crippen molar-refractivity contribution in [1.29, 1.82) is 0 Å². The minimum atomic E-state index is -0.733. The maximum Gasteiger partial charge on any atom is 0.441 e. The molecular formula is C15H20N3O5+. The Bertz CT molecular complexity index is 690. The highest BCUT2D eigenvalue weighted by Gasteiger charge is 2.30. The topological polar surface area (TPSA) is 97.4 Å². The van der Waals surface area contributed by atoms with E-state index in [1.54, 1.807) is 31.4 Å². The highest BCUT2D eigenvalue weighted by Crippen LogP contribution is 2.10. The van der Waals surface area contributed by atoms with E-state index in [0.29, 0.717) is 37.6 Å². The highest BCUT2D eigenvalue weighted by atomic mass is 16.5. The summed E-state index contributed by atoms with van der Waals surface area (Å²) in [4.78, 5) is 24.0. The van der Waals surface area contributed by atoms with Crippen LogP contribution in [0.15, 0.2) is 33.6 Å². The normalized spacial score (nSPS) is 10.5. The van der Waals surface area contributed by atoms with E-state index in [1.807, 2.05) is 6.92 Å². The molecule has 1 aromatic carbocycles. The Morgan fingerprint density at radius 2 is 2.09 bits per heavy atom. The van der Waals surface area contributed by atoms with Gasteiger partial charge in [-0.15, -0.1) is 0 Å². The van der Waals surface area contributed by atoms with Crippen LogP contribution in [0.5, 0.6) is 5.75 Å². The third kappa shape index (κ3) is 4.19. The molecule has 8 nitrogen and oxygen atoms in total. The third-order valence-electron chi connectivity index (χ3n) is 3.15. The summed E-state index contributed by atoms with van der Waals surface area (Å²) < 4.78 is 16.3. The highest BCUT2D eigenvalue weighted by molar-refractivity contribution is 5.90. The Hall–Kier alpha value is -2.61. The number of rotatable bonds is 8. The summed E-state index contributed by atoms with van der Waals surface area (Å²) in [6.45, 7) is 3.50. The van der Waals surface area contributed by atoms with E-state index in [1.165, 1.54) is 4.68 Å². The first-order valence-electron chi connectivity index (χ1n) is 7.31. The average molecular weight is 322 g/mol. The van der Waals surface area contributed by atoms with Crippen molar-refractivity contribution in [3.05, 3.63) is 40.4 Å². The molecule has 2 aromatic rings. The molecule has 0 unspecified atom stereocenters. The molecule has 124 valence electrons. The number of carbonyl (C=O) groups is 1. The fourth-order valence-electron chi connectivity index (χ4n) is 1.98. The predicted molar refractivity (Wildman–Crippen MR) is 80.9 cm³/mol. The van der Waals surface area contributed by atoms with Gasteiger partial charge in [0.25, 0.3) is 0 Å². The van der Waals surface area contributed by atoms with Crippen molar-refractivity contribution in [1.82, 2.24) is 10.6 Å². The lowest BCUT2D eigenvalue weighted by atomic mass is 10.3. The minimum absolute atomic E-state index is 0.119. The molecule has 0 atom stereocenters. The number of amides is 1. The fraction of sp³-hybridized carbons (Fsp3) is 0.400. The molecule has 0 spiro atoms. The van der Waals surface area contributed by atoms with Crippen LogP contribution in [0, 0.1) is 0 Å². The van der Waals surface area contributed by atoms with Crippen LogP contribution in [0.2, 0.25) is 0 Å². The molecule has 0 saturated carbocycles. The summed E-state index contributed by atoms with van der Waals surface area (Å²) in [5.74, 6) is 0.162. The van der Waals surface area contributed by atoms with Crippen LogP contribution in [-0.4, -0.2) is 38.0 Å². The number of hydrogen-bond donors (Lipinski definition) is 2. The van der Waals surface area contributed by atoms with Crippen LogP contribution in [-0.2, 0) is 4.74 Å². The van der Waals surface area contributed by atoms with Crippen molar-refractivity contribution in [3.8, 4) is 11.4 Å². The first kappa shape index (κ1) is 16.8. The van der Waals surface area contributed by atoms with Gasteiger partial charge in [0.05, 0.1) is 7.11 Å². The maximum absolute atomic E-state index is 12.2. The van der Waals surface area contributed by atoms with E-state index in [2.05, 4.69) is 10.6 Å². The molecule has 8 heteroatoms.